The molecule has 19 heavy (non-hydrogen) atoms. The van der Waals surface area contributed by atoms with Crippen molar-refractivity contribution >= 4 is 45.4 Å². The molecule has 0 fully saturated rings. The van der Waals surface area contributed by atoms with Gasteiger partial charge < -0.3 is 5.32 Å². The lowest BCUT2D eigenvalue weighted by Crippen LogP contribution is -2.17. The quantitative estimate of drug-likeness (QED) is 0.777. The lowest BCUT2D eigenvalue weighted by Gasteiger charge is -2.18. The van der Waals surface area contributed by atoms with Gasteiger partial charge in [0, 0.05) is 9.37 Å². The first-order valence-electron chi connectivity index (χ1n) is 5.78. The molecule has 0 radical (unpaired) electrons. The topological polar surface area (TPSA) is 29.1 Å². The van der Waals surface area contributed by atoms with Crippen molar-refractivity contribution in [2.75, 3.05) is 5.32 Å². The highest BCUT2D eigenvalue weighted by Gasteiger charge is 2.20. The zero-order chi connectivity index (χ0) is 13.2. The number of carbonyl (C=O) groups is 1. The summed E-state index contributed by atoms with van der Waals surface area (Å²) in [4.78, 5) is 13.8. The van der Waals surface area contributed by atoms with E-state index in [1.807, 2.05) is 54.6 Å². The minimum absolute atomic E-state index is 0.0561. The van der Waals surface area contributed by atoms with Gasteiger partial charge in [-0.2, -0.15) is 0 Å². The van der Waals surface area contributed by atoms with Crippen LogP contribution in [-0.4, -0.2) is 5.91 Å². The standard InChI is InChI=1S/C15H10BrNOS/c16-11-6-2-1-5-10(11)9-14-15(18)17-12-7-3-4-8-13(12)19-14/h1-9H,(H,17,18)/b14-9+. The van der Waals surface area contributed by atoms with Gasteiger partial charge in [-0.1, -0.05) is 58.0 Å². The number of halogens is 1. The smallest absolute Gasteiger partial charge is 0.262 e. The van der Waals surface area contributed by atoms with E-state index in [1.165, 1.54) is 11.8 Å². The number of hydrogen-bond acceptors (Lipinski definition) is 2. The molecule has 94 valence electrons. The molecule has 0 bridgehead atoms. The first-order chi connectivity index (χ1) is 9.24. The van der Waals surface area contributed by atoms with Crippen LogP contribution in [0, 0.1) is 0 Å². The van der Waals surface area contributed by atoms with Gasteiger partial charge in [0.25, 0.3) is 5.91 Å². The number of amides is 1. The molecule has 1 aliphatic heterocycles. The average Bonchev–Trinajstić information content (AvgIpc) is 2.42. The molecular formula is C15H10BrNOS. The van der Waals surface area contributed by atoms with Crippen LogP contribution in [0.1, 0.15) is 5.56 Å². The van der Waals surface area contributed by atoms with Gasteiger partial charge in [-0.25, -0.2) is 0 Å². The summed E-state index contributed by atoms with van der Waals surface area (Å²) in [7, 11) is 0. The monoisotopic (exact) mass is 331 g/mol. The van der Waals surface area contributed by atoms with Crippen molar-refractivity contribution in [3.05, 3.63) is 63.5 Å². The van der Waals surface area contributed by atoms with Gasteiger partial charge in [0.05, 0.1) is 10.6 Å². The number of para-hydroxylation sites is 1. The van der Waals surface area contributed by atoms with E-state index in [2.05, 4.69) is 21.2 Å². The van der Waals surface area contributed by atoms with Crippen molar-refractivity contribution in [1.82, 2.24) is 0 Å². The number of hydrogen-bond donors (Lipinski definition) is 1. The summed E-state index contributed by atoms with van der Waals surface area (Å²) >= 11 is 4.99. The molecule has 0 aromatic heterocycles. The van der Waals surface area contributed by atoms with Crippen molar-refractivity contribution in [1.29, 1.82) is 0 Å². The second-order valence-electron chi connectivity index (χ2n) is 4.08. The molecule has 0 spiro atoms. The van der Waals surface area contributed by atoms with Gasteiger partial charge in [0.15, 0.2) is 0 Å². The van der Waals surface area contributed by atoms with Crippen LogP contribution in [-0.2, 0) is 4.79 Å². The molecule has 1 amide bonds. The number of anilines is 1. The molecule has 2 aromatic rings. The molecule has 0 saturated heterocycles. The summed E-state index contributed by atoms with van der Waals surface area (Å²) in [5.74, 6) is -0.0561. The summed E-state index contributed by atoms with van der Waals surface area (Å²) < 4.78 is 0.981. The number of nitrogens with one attached hydrogen (secondary N) is 1. The number of fused-ring (bicyclic) bond motifs is 1. The van der Waals surface area contributed by atoms with Crippen LogP contribution in [0.25, 0.3) is 6.08 Å². The Morgan fingerprint density at radius 3 is 2.63 bits per heavy atom. The molecular weight excluding hydrogens is 322 g/mol. The van der Waals surface area contributed by atoms with Gasteiger partial charge in [-0.3, -0.25) is 4.79 Å². The molecule has 4 heteroatoms. The maximum atomic E-state index is 12.1. The van der Waals surface area contributed by atoms with Gasteiger partial charge >= 0.3 is 0 Å². The molecule has 1 heterocycles. The van der Waals surface area contributed by atoms with Crippen LogP contribution in [0.5, 0.6) is 0 Å². The van der Waals surface area contributed by atoms with Crippen LogP contribution in [0.15, 0.2) is 62.8 Å². The van der Waals surface area contributed by atoms with Crippen LogP contribution >= 0.6 is 27.7 Å². The largest absolute Gasteiger partial charge is 0.320 e. The van der Waals surface area contributed by atoms with Crippen molar-refractivity contribution in [3.63, 3.8) is 0 Å². The predicted molar refractivity (Wildman–Crippen MR) is 83.0 cm³/mol. The van der Waals surface area contributed by atoms with Crippen molar-refractivity contribution in [2.24, 2.45) is 0 Å². The Bertz CT molecular complexity index is 681. The van der Waals surface area contributed by atoms with E-state index < -0.39 is 0 Å². The van der Waals surface area contributed by atoms with Crippen molar-refractivity contribution < 1.29 is 4.79 Å². The molecule has 0 aliphatic carbocycles. The summed E-state index contributed by atoms with van der Waals surface area (Å²) in [5, 5.41) is 2.91. The fraction of sp³-hybridized carbons (Fsp3) is 0. The average molecular weight is 332 g/mol. The Kier molecular flexibility index (Phi) is 3.44. The summed E-state index contributed by atoms with van der Waals surface area (Å²) in [6.45, 7) is 0. The van der Waals surface area contributed by atoms with Crippen LogP contribution in [0.3, 0.4) is 0 Å². The minimum atomic E-state index is -0.0561. The van der Waals surface area contributed by atoms with Gasteiger partial charge in [-0.05, 0) is 29.8 Å². The zero-order valence-electron chi connectivity index (χ0n) is 9.89. The Balaban J connectivity index is 1.99. The van der Waals surface area contributed by atoms with Crippen molar-refractivity contribution in [2.45, 2.75) is 4.90 Å². The first kappa shape index (κ1) is 12.5. The van der Waals surface area contributed by atoms with E-state index in [1.54, 1.807) is 0 Å². The highest BCUT2D eigenvalue weighted by atomic mass is 79.9. The minimum Gasteiger partial charge on any atom is -0.320 e. The van der Waals surface area contributed by atoms with E-state index in [9.17, 15) is 4.79 Å². The summed E-state index contributed by atoms with van der Waals surface area (Å²) in [6.07, 6.45) is 1.90. The summed E-state index contributed by atoms with van der Waals surface area (Å²) in [6, 6.07) is 15.7. The van der Waals surface area contributed by atoms with E-state index in [4.69, 9.17) is 0 Å². The number of rotatable bonds is 1. The molecule has 1 N–H and O–H groups in total. The maximum Gasteiger partial charge on any atom is 0.262 e. The Hall–Kier alpha value is -1.52. The second kappa shape index (κ2) is 5.23. The van der Waals surface area contributed by atoms with E-state index in [0.717, 1.165) is 20.6 Å². The third-order valence-corrected chi connectivity index (χ3v) is 4.59. The molecule has 2 aromatic carbocycles. The van der Waals surface area contributed by atoms with Crippen LogP contribution < -0.4 is 5.32 Å². The predicted octanol–water partition coefficient (Wildman–Crippen LogP) is 4.53. The number of thioether (sulfide) groups is 1. The second-order valence-corrected chi connectivity index (χ2v) is 6.02. The SMILES string of the molecule is O=C1Nc2ccccc2S/C1=C/c1ccccc1Br. The maximum absolute atomic E-state index is 12.1. The first-order valence-corrected chi connectivity index (χ1v) is 7.39. The van der Waals surface area contributed by atoms with Gasteiger partial charge in [-0.15, -0.1) is 0 Å². The van der Waals surface area contributed by atoms with Crippen LogP contribution in [0.4, 0.5) is 5.69 Å². The summed E-state index contributed by atoms with van der Waals surface area (Å²) in [5.41, 5.74) is 1.88. The Morgan fingerprint density at radius 2 is 1.79 bits per heavy atom. The highest BCUT2D eigenvalue weighted by molar-refractivity contribution is 9.10. The molecule has 1 aliphatic rings. The van der Waals surface area contributed by atoms with Crippen molar-refractivity contribution in [3.8, 4) is 0 Å². The lowest BCUT2D eigenvalue weighted by molar-refractivity contribution is -0.112. The molecule has 2 nitrogen and oxygen atoms in total. The number of benzene rings is 2. The molecule has 3 rings (SSSR count). The third kappa shape index (κ3) is 2.60. The number of carbonyl (C=O) groups excluding carboxylic acids is 1. The van der Waals surface area contributed by atoms with E-state index >= 15 is 0 Å². The van der Waals surface area contributed by atoms with E-state index in [-0.39, 0.29) is 5.91 Å². The van der Waals surface area contributed by atoms with Gasteiger partial charge in [0.1, 0.15) is 0 Å². The fourth-order valence-electron chi connectivity index (χ4n) is 1.84. The normalized spacial score (nSPS) is 16.1. The zero-order valence-corrected chi connectivity index (χ0v) is 12.3. The van der Waals surface area contributed by atoms with Gasteiger partial charge in [0.2, 0.25) is 0 Å². The lowest BCUT2D eigenvalue weighted by atomic mass is 10.2. The van der Waals surface area contributed by atoms with Crippen LogP contribution in [0.2, 0.25) is 0 Å². The van der Waals surface area contributed by atoms with E-state index in [0.29, 0.717) is 4.91 Å². The molecule has 0 atom stereocenters. The Labute approximate surface area is 124 Å². The fourth-order valence-corrected chi connectivity index (χ4v) is 3.18. The molecule has 0 saturated carbocycles. The third-order valence-electron chi connectivity index (χ3n) is 2.77. The highest BCUT2D eigenvalue weighted by Crippen LogP contribution is 2.38. The Morgan fingerprint density at radius 1 is 1.05 bits per heavy atom. The molecule has 0 unspecified atom stereocenters.